The standard InChI is InChI=1S/C14H18ClNO3/c1-14(2,7-8-15)16-13(17)12-9-18-10-5-3-4-6-11(10)19-12/h3-6,12H,7-9H2,1-2H3,(H,16,17). The highest BCUT2D eigenvalue weighted by atomic mass is 35.5. The molecule has 19 heavy (non-hydrogen) atoms. The van der Waals surface area contributed by atoms with E-state index in [0.717, 1.165) is 0 Å². The number of amides is 1. The van der Waals surface area contributed by atoms with Crippen molar-refractivity contribution in [3.05, 3.63) is 24.3 Å². The molecular formula is C14H18ClNO3. The van der Waals surface area contributed by atoms with Crippen molar-refractivity contribution < 1.29 is 14.3 Å². The minimum Gasteiger partial charge on any atom is -0.485 e. The Kier molecular flexibility index (Phi) is 4.20. The number of ether oxygens (including phenoxy) is 2. The number of nitrogens with one attached hydrogen (secondary N) is 1. The van der Waals surface area contributed by atoms with Gasteiger partial charge < -0.3 is 14.8 Å². The second-order valence-electron chi connectivity index (χ2n) is 5.18. The van der Waals surface area contributed by atoms with Crippen molar-refractivity contribution in [3.8, 4) is 11.5 Å². The van der Waals surface area contributed by atoms with E-state index >= 15 is 0 Å². The molecule has 0 spiro atoms. The molecule has 1 heterocycles. The van der Waals surface area contributed by atoms with E-state index in [9.17, 15) is 4.79 Å². The lowest BCUT2D eigenvalue weighted by Crippen LogP contribution is -2.52. The van der Waals surface area contributed by atoms with Gasteiger partial charge in [-0.1, -0.05) is 12.1 Å². The van der Waals surface area contributed by atoms with Crippen molar-refractivity contribution in [3.63, 3.8) is 0 Å². The molecule has 0 fully saturated rings. The minimum absolute atomic E-state index is 0.176. The van der Waals surface area contributed by atoms with Gasteiger partial charge in [-0.05, 0) is 32.4 Å². The van der Waals surface area contributed by atoms with Crippen LogP contribution in [0.3, 0.4) is 0 Å². The first-order valence-electron chi connectivity index (χ1n) is 6.28. The number of rotatable bonds is 4. The molecule has 5 heteroatoms. The van der Waals surface area contributed by atoms with Gasteiger partial charge in [0.25, 0.3) is 5.91 Å². The molecule has 0 bridgehead atoms. The molecule has 0 aliphatic carbocycles. The van der Waals surface area contributed by atoms with E-state index in [2.05, 4.69) is 5.32 Å². The first-order valence-corrected chi connectivity index (χ1v) is 6.82. The van der Waals surface area contributed by atoms with Crippen LogP contribution in [0.4, 0.5) is 0 Å². The van der Waals surface area contributed by atoms with Crippen LogP contribution in [0, 0.1) is 0 Å². The number of alkyl halides is 1. The summed E-state index contributed by atoms with van der Waals surface area (Å²) in [5.41, 5.74) is -0.348. The van der Waals surface area contributed by atoms with E-state index in [1.807, 2.05) is 32.0 Å². The lowest BCUT2D eigenvalue weighted by molar-refractivity contribution is -0.132. The zero-order valence-electron chi connectivity index (χ0n) is 11.1. The van der Waals surface area contributed by atoms with E-state index in [-0.39, 0.29) is 18.1 Å². The smallest absolute Gasteiger partial charge is 0.265 e. The summed E-state index contributed by atoms with van der Waals surface area (Å²) in [5, 5.41) is 2.93. The number of fused-ring (bicyclic) bond motifs is 1. The number of carbonyl (C=O) groups is 1. The van der Waals surface area contributed by atoms with Crippen molar-refractivity contribution in [2.75, 3.05) is 12.5 Å². The molecule has 0 aromatic heterocycles. The molecule has 1 aromatic carbocycles. The summed E-state index contributed by atoms with van der Waals surface area (Å²) >= 11 is 5.71. The van der Waals surface area contributed by atoms with Crippen LogP contribution in [0.15, 0.2) is 24.3 Å². The molecule has 1 unspecified atom stereocenters. The van der Waals surface area contributed by atoms with Crippen LogP contribution in [-0.2, 0) is 4.79 Å². The summed E-state index contributed by atoms with van der Waals surface area (Å²) in [6.07, 6.45) is 0.0780. The summed E-state index contributed by atoms with van der Waals surface area (Å²) in [4.78, 5) is 12.1. The van der Waals surface area contributed by atoms with Gasteiger partial charge >= 0.3 is 0 Å². The van der Waals surface area contributed by atoms with Crippen LogP contribution in [0.2, 0.25) is 0 Å². The van der Waals surface area contributed by atoms with E-state index in [1.165, 1.54) is 0 Å². The Morgan fingerprint density at radius 1 is 1.42 bits per heavy atom. The molecule has 2 rings (SSSR count). The Morgan fingerprint density at radius 3 is 2.79 bits per heavy atom. The Morgan fingerprint density at radius 2 is 2.11 bits per heavy atom. The lowest BCUT2D eigenvalue weighted by atomic mass is 10.0. The third-order valence-corrected chi connectivity index (χ3v) is 3.17. The van der Waals surface area contributed by atoms with Gasteiger partial charge in [-0.15, -0.1) is 11.6 Å². The number of hydrogen-bond acceptors (Lipinski definition) is 3. The van der Waals surface area contributed by atoms with E-state index in [4.69, 9.17) is 21.1 Å². The first-order chi connectivity index (χ1) is 9.02. The molecule has 1 amide bonds. The van der Waals surface area contributed by atoms with E-state index in [0.29, 0.717) is 23.8 Å². The van der Waals surface area contributed by atoms with Crippen LogP contribution < -0.4 is 14.8 Å². The summed E-state index contributed by atoms with van der Waals surface area (Å²) < 4.78 is 11.2. The highest BCUT2D eigenvalue weighted by molar-refractivity contribution is 6.17. The van der Waals surface area contributed by atoms with Crippen LogP contribution in [0.5, 0.6) is 11.5 Å². The van der Waals surface area contributed by atoms with Crippen molar-refractivity contribution in [1.29, 1.82) is 0 Å². The van der Waals surface area contributed by atoms with Crippen molar-refractivity contribution in [2.24, 2.45) is 0 Å². The molecule has 104 valence electrons. The number of hydrogen-bond donors (Lipinski definition) is 1. The molecule has 1 N–H and O–H groups in total. The molecular weight excluding hydrogens is 266 g/mol. The Balaban J connectivity index is 1.99. The molecule has 1 aliphatic rings. The molecule has 0 saturated heterocycles. The molecule has 1 atom stereocenters. The summed E-state index contributed by atoms with van der Waals surface area (Å²) in [5.74, 6) is 1.60. The maximum absolute atomic E-state index is 12.1. The highest BCUT2D eigenvalue weighted by Crippen LogP contribution is 2.31. The highest BCUT2D eigenvalue weighted by Gasteiger charge is 2.30. The summed E-state index contributed by atoms with van der Waals surface area (Å²) in [6.45, 7) is 4.09. The molecule has 0 saturated carbocycles. The van der Waals surface area contributed by atoms with Crippen molar-refractivity contribution >= 4 is 17.5 Å². The second-order valence-corrected chi connectivity index (χ2v) is 5.55. The fourth-order valence-electron chi connectivity index (χ4n) is 1.86. The summed E-state index contributed by atoms with van der Waals surface area (Å²) in [6, 6.07) is 7.33. The maximum atomic E-state index is 12.1. The van der Waals surface area contributed by atoms with Gasteiger partial charge in [0.15, 0.2) is 11.5 Å². The topological polar surface area (TPSA) is 47.6 Å². The van der Waals surface area contributed by atoms with Crippen molar-refractivity contribution in [1.82, 2.24) is 5.32 Å². The van der Waals surface area contributed by atoms with E-state index < -0.39 is 6.10 Å². The number of halogens is 1. The number of para-hydroxylation sites is 2. The second kappa shape index (κ2) is 5.70. The van der Waals surface area contributed by atoms with Crippen LogP contribution in [-0.4, -0.2) is 30.0 Å². The number of benzene rings is 1. The quantitative estimate of drug-likeness (QED) is 0.863. The van der Waals surface area contributed by atoms with Gasteiger partial charge in [-0.2, -0.15) is 0 Å². The average molecular weight is 284 g/mol. The Labute approximate surface area is 118 Å². The van der Waals surface area contributed by atoms with Gasteiger partial charge in [0.2, 0.25) is 6.10 Å². The lowest BCUT2D eigenvalue weighted by Gasteiger charge is -2.30. The predicted octanol–water partition coefficient (Wildman–Crippen LogP) is 2.35. The van der Waals surface area contributed by atoms with Gasteiger partial charge in [0, 0.05) is 11.4 Å². The zero-order valence-corrected chi connectivity index (χ0v) is 11.9. The van der Waals surface area contributed by atoms with Gasteiger partial charge in [-0.3, -0.25) is 4.79 Å². The minimum atomic E-state index is -0.621. The third kappa shape index (κ3) is 3.53. The normalized spacial score (nSPS) is 17.9. The third-order valence-electron chi connectivity index (χ3n) is 2.98. The Bertz CT molecular complexity index is 462. The molecule has 1 aliphatic heterocycles. The van der Waals surface area contributed by atoms with E-state index in [1.54, 1.807) is 6.07 Å². The van der Waals surface area contributed by atoms with Gasteiger partial charge in [0.05, 0.1) is 0 Å². The Hall–Kier alpha value is -1.42. The fraction of sp³-hybridized carbons (Fsp3) is 0.500. The molecule has 4 nitrogen and oxygen atoms in total. The average Bonchev–Trinajstić information content (AvgIpc) is 2.37. The fourth-order valence-corrected chi connectivity index (χ4v) is 2.33. The van der Waals surface area contributed by atoms with Gasteiger partial charge in [0.1, 0.15) is 6.61 Å². The largest absolute Gasteiger partial charge is 0.485 e. The van der Waals surface area contributed by atoms with Crippen LogP contribution >= 0.6 is 11.6 Å². The predicted molar refractivity (Wildman–Crippen MR) is 73.9 cm³/mol. The van der Waals surface area contributed by atoms with Crippen LogP contribution in [0.1, 0.15) is 20.3 Å². The SMILES string of the molecule is CC(C)(CCCl)NC(=O)C1COc2ccccc2O1. The molecule has 0 radical (unpaired) electrons. The zero-order chi connectivity index (χ0) is 13.9. The monoisotopic (exact) mass is 283 g/mol. The number of carbonyl (C=O) groups excluding carboxylic acids is 1. The first kappa shape index (κ1) is 14.0. The summed E-state index contributed by atoms with van der Waals surface area (Å²) in [7, 11) is 0. The van der Waals surface area contributed by atoms with Gasteiger partial charge in [-0.25, -0.2) is 0 Å². The maximum Gasteiger partial charge on any atom is 0.265 e. The molecule has 1 aromatic rings. The van der Waals surface area contributed by atoms with Crippen molar-refractivity contribution in [2.45, 2.75) is 31.9 Å². The van der Waals surface area contributed by atoms with Crippen LogP contribution in [0.25, 0.3) is 0 Å².